The van der Waals surface area contributed by atoms with Gasteiger partial charge in [-0.25, -0.2) is 9.46 Å². The van der Waals surface area contributed by atoms with Crippen molar-refractivity contribution in [1.29, 1.82) is 0 Å². The Balaban J connectivity index is 1.68. The first-order valence-electron chi connectivity index (χ1n) is 26.1. The van der Waals surface area contributed by atoms with Crippen LogP contribution in [0.2, 0.25) is 0 Å². The molecular weight excluding hydrogens is 872 g/mol. The van der Waals surface area contributed by atoms with Crippen molar-refractivity contribution in [3.8, 4) is 0 Å². The summed E-state index contributed by atoms with van der Waals surface area (Å²) in [6.45, 7) is 3.29. The number of anilines is 1. The molecule has 380 valence electrons. The minimum atomic E-state index is -4.61. The van der Waals surface area contributed by atoms with Crippen LogP contribution < -0.4 is 10.2 Å². The molecule has 1 unspecified atom stereocenters. The summed E-state index contributed by atoms with van der Waals surface area (Å²) in [4.78, 5) is 73.1. The van der Waals surface area contributed by atoms with Gasteiger partial charge in [0.1, 0.15) is 6.61 Å². The number of phosphoric ester groups is 1. The molecule has 2 atom stereocenters. The molecular formula is C53H87N2O11P. The molecule has 0 aliphatic carbocycles. The molecule has 0 fully saturated rings. The maximum atomic E-state index is 12.8. The second-order valence-corrected chi connectivity index (χ2v) is 19.4. The average molecular weight is 959 g/mol. The van der Waals surface area contributed by atoms with E-state index in [0.29, 0.717) is 31.4 Å². The van der Waals surface area contributed by atoms with Gasteiger partial charge in [-0.3, -0.25) is 33.0 Å². The largest absolute Gasteiger partial charge is 0.472 e. The lowest BCUT2D eigenvalue weighted by Gasteiger charge is -2.20. The van der Waals surface area contributed by atoms with Crippen molar-refractivity contribution < 1.29 is 52.0 Å². The lowest BCUT2D eigenvalue weighted by Crippen LogP contribution is -2.30. The van der Waals surface area contributed by atoms with Gasteiger partial charge in [-0.15, -0.1) is 0 Å². The van der Waals surface area contributed by atoms with Crippen LogP contribution in [0.5, 0.6) is 0 Å². The predicted molar refractivity (Wildman–Crippen MR) is 266 cm³/mol. The number of ether oxygens (including phenoxy) is 2. The van der Waals surface area contributed by atoms with E-state index >= 15 is 0 Å². The van der Waals surface area contributed by atoms with Gasteiger partial charge in [-0.2, -0.15) is 0 Å². The van der Waals surface area contributed by atoms with Crippen molar-refractivity contribution >= 4 is 43.2 Å². The zero-order valence-electron chi connectivity index (χ0n) is 41.4. The molecule has 67 heavy (non-hydrogen) atoms. The SMILES string of the molecule is CCCCCCCCC=CCCCCCCCC(=O)O[C@H](COC(=O)CCCCCCCCCCCCCCC)COP(=O)(O)OCCNC(=O)CCCc1ccc(N2C(=O)C=CC2=O)cc1. The number of carbonyl (C=O) groups excluding carboxylic acids is 5. The molecule has 0 spiro atoms. The number of hydrogen-bond donors (Lipinski definition) is 2. The summed E-state index contributed by atoms with van der Waals surface area (Å²) in [5, 5.41) is 2.65. The summed E-state index contributed by atoms with van der Waals surface area (Å²) in [5.74, 6) is -1.98. The first-order chi connectivity index (χ1) is 32.5. The van der Waals surface area contributed by atoms with Crippen LogP contribution in [0, 0.1) is 0 Å². The number of nitrogens with one attached hydrogen (secondary N) is 1. The van der Waals surface area contributed by atoms with Crippen LogP contribution in [0.15, 0.2) is 48.6 Å². The molecule has 0 saturated heterocycles. The third kappa shape index (κ3) is 31.9. The van der Waals surface area contributed by atoms with Crippen molar-refractivity contribution in [3.05, 3.63) is 54.1 Å². The van der Waals surface area contributed by atoms with Gasteiger partial charge in [-0.05, 0) is 69.1 Å². The number of hydrogen-bond acceptors (Lipinski definition) is 10. The summed E-state index contributed by atoms with van der Waals surface area (Å²) >= 11 is 0. The van der Waals surface area contributed by atoms with Gasteiger partial charge in [0.15, 0.2) is 6.10 Å². The van der Waals surface area contributed by atoms with E-state index in [1.165, 1.54) is 108 Å². The fourth-order valence-corrected chi connectivity index (χ4v) is 8.57. The fraction of sp³-hybridized carbons (Fsp3) is 0.717. The number of unbranched alkanes of at least 4 members (excludes halogenated alkanes) is 23. The highest BCUT2D eigenvalue weighted by molar-refractivity contribution is 7.47. The van der Waals surface area contributed by atoms with Gasteiger partial charge in [-0.1, -0.05) is 167 Å². The number of rotatable bonds is 44. The molecule has 1 aliphatic rings. The van der Waals surface area contributed by atoms with Crippen LogP contribution >= 0.6 is 7.82 Å². The molecule has 0 aromatic heterocycles. The number of esters is 2. The summed E-state index contributed by atoms with van der Waals surface area (Å²) in [6.07, 6.45) is 38.0. The Labute approximate surface area is 403 Å². The van der Waals surface area contributed by atoms with E-state index in [-0.39, 0.29) is 56.7 Å². The van der Waals surface area contributed by atoms with Crippen LogP contribution in [0.1, 0.15) is 212 Å². The summed E-state index contributed by atoms with van der Waals surface area (Å²) in [5.41, 5.74) is 1.41. The van der Waals surface area contributed by atoms with E-state index in [0.717, 1.165) is 68.3 Å². The van der Waals surface area contributed by atoms with E-state index in [4.69, 9.17) is 18.5 Å². The third-order valence-corrected chi connectivity index (χ3v) is 12.8. The normalized spacial score (nSPS) is 13.9. The molecule has 2 rings (SSSR count). The Hall–Kier alpha value is -3.64. The highest BCUT2D eigenvalue weighted by atomic mass is 31.2. The van der Waals surface area contributed by atoms with Gasteiger partial charge in [0.2, 0.25) is 5.91 Å². The number of amides is 3. The van der Waals surface area contributed by atoms with E-state index in [9.17, 15) is 33.4 Å². The van der Waals surface area contributed by atoms with Gasteiger partial charge in [0, 0.05) is 38.0 Å². The van der Waals surface area contributed by atoms with E-state index in [2.05, 4.69) is 31.3 Å². The minimum absolute atomic E-state index is 0.0431. The molecule has 0 radical (unpaired) electrons. The first-order valence-corrected chi connectivity index (χ1v) is 27.6. The van der Waals surface area contributed by atoms with Crippen molar-refractivity contribution in [1.82, 2.24) is 5.32 Å². The maximum absolute atomic E-state index is 12.8. The molecule has 0 saturated carbocycles. The third-order valence-electron chi connectivity index (χ3n) is 11.8. The Kier molecular flexibility index (Phi) is 34.8. The summed E-state index contributed by atoms with van der Waals surface area (Å²) < 4.78 is 34.0. The maximum Gasteiger partial charge on any atom is 0.472 e. The van der Waals surface area contributed by atoms with Crippen LogP contribution in [-0.4, -0.2) is 67.0 Å². The summed E-state index contributed by atoms with van der Waals surface area (Å²) in [6, 6.07) is 6.97. The fourth-order valence-electron chi connectivity index (χ4n) is 7.82. The Morgan fingerprint density at radius 2 is 1.09 bits per heavy atom. The lowest BCUT2D eigenvalue weighted by atomic mass is 10.0. The van der Waals surface area contributed by atoms with Crippen molar-refractivity contribution in [2.24, 2.45) is 0 Å². The molecule has 13 nitrogen and oxygen atoms in total. The quantitative estimate of drug-likeness (QED) is 0.0209. The van der Waals surface area contributed by atoms with Crippen LogP contribution in [-0.2, 0) is 53.5 Å². The van der Waals surface area contributed by atoms with Crippen LogP contribution in [0.4, 0.5) is 5.69 Å². The van der Waals surface area contributed by atoms with Crippen molar-refractivity contribution in [2.45, 2.75) is 219 Å². The number of carbonyl (C=O) groups is 5. The zero-order chi connectivity index (χ0) is 48.6. The molecule has 1 aromatic rings. The topological polar surface area (TPSA) is 175 Å². The number of nitrogens with zero attached hydrogens (tertiary/aromatic N) is 1. The molecule has 1 aromatic carbocycles. The highest BCUT2D eigenvalue weighted by Crippen LogP contribution is 2.43. The lowest BCUT2D eigenvalue weighted by molar-refractivity contribution is -0.161. The molecule has 3 amide bonds. The standard InChI is InChI=1S/C53H87N2O11P/c1-3-5-7-9-11-13-15-17-18-20-22-24-26-28-30-35-53(60)66-48(44-63-52(59)34-29-27-25-23-21-19-16-14-12-10-8-6-4-2)45-65-67(61,62)64-43-42-54-49(56)33-31-32-46-36-38-47(39-37-46)55-50(57)40-41-51(55)58/h17-18,36-41,48H,3-16,19-35,42-45H2,1-2H3,(H,54,56)(H,61,62)/t48-/m1/s1. The zero-order valence-corrected chi connectivity index (χ0v) is 42.3. The van der Waals surface area contributed by atoms with Gasteiger partial charge in [0.25, 0.3) is 11.8 Å². The van der Waals surface area contributed by atoms with Crippen molar-refractivity contribution in [3.63, 3.8) is 0 Å². The van der Waals surface area contributed by atoms with Gasteiger partial charge in [0.05, 0.1) is 18.9 Å². The van der Waals surface area contributed by atoms with E-state index in [1.807, 2.05) is 0 Å². The summed E-state index contributed by atoms with van der Waals surface area (Å²) in [7, 11) is -4.61. The van der Waals surface area contributed by atoms with E-state index < -0.39 is 32.5 Å². The molecule has 0 bridgehead atoms. The Bertz CT molecular complexity index is 1600. The Morgan fingerprint density at radius 1 is 0.612 bits per heavy atom. The monoisotopic (exact) mass is 959 g/mol. The first kappa shape index (κ1) is 59.5. The second-order valence-electron chi connectivity index (χ2n) is 17.9. The minimum Gasteiger partial charge on any atom is -0.462 e. The van der Waals surface area contributed by atoms with Gasteiger partial charge >= 0.3 is 19.8 Å². The smallest absolute Gasteiger partial charge is 0.462 e. The molecule has 1 heterocycles. The van der Waals surface area contributed by atoms with Gasteiger partial charge < -0.3 is 19.7 Å². The number of benzene rings is 1. The van der Waals surface area contributed by atoms with Crippen LogP contribution in [0.3, 0.4) is 0 Å². The van der Waals surface area contributed by atoms with E-state index in [1.54, 1.807) is 24.3 Å². The highest BCUT2D eigenvalue weighted by Gasteiger charge is 2.27. The predicted octanol–water partition coefficient (Wildman–Crippen LogP) is 12.7. The van der Waals surface area contributed by atoms with Crippen molar-refractivity contribution in [2.75, 3.05) is 31.3 Å². The Morgan fingerprint density at radius 3 is 1.61 bits per heavy atom. The number of phosphoric acid groups is 1. The second kappa shape index (κ2) is 39.2. The molecule has 1 aliphatic heterocycles. The number of aryl methyl sites for hydroxylation is 1. The molecule has 2 N–H and O–H groups in total. The number of allylic oxidation sites excluding steroid dienone is 2. The number of imide groups is 1. The average Bonchev–Trinajstić information content (AvgIpc) is 3.65. The van der Waals surface area contributed by atoms with Crippen LogP contribution in [0.25, 0.3) is 0 Å². The molecule has 14 heteroatoms.